The molecule has 2 aromatic rings. The fourth-order valence-electron chi connectivity index (χ4n) is 1.75. The molecule has 0 fully saturated rings. The van der Waals surface area contributed by atoms with E-state index in [0.717, 1.165) is 16.7 Å². The molecule has 18 heavy (non-hydrogen) atoms. The highest BCUT2D eigenvalue weighted by molar-refractivity contribution is 7.13. The molecule has 0 aliphatic heterocycles. The van der Waals surface area contributed by atoms with Crippen LogP contribution in [0, 0.1) is 0 Å². The molecule has 0 radical (unpaired) electrons. The van der Waals surface area contributed by atoms with Gasteiger partial charge in [0.25, 0.3) is 0 Å². The maximum absolute atomic E-state index is 11.0. The molecule has 0 atom stereocenters. The average Bonchev–Trinajstić information content (AvgIpc) is 2.93. The van der Waals surface area contributed by atoms with E-state index in [-0.39, 0.29) is 0 Å². The number of rotatable bonds is 5. The van der Waals surface area contributed by atoms with Crippen molar-refractivity contribution < 1.29 is 14.3 Å². The first-order valence-corrected chi connectivity index (χ1v) is 6.52. The van der Waals surface area contributed by atoms with Gasteiger partial charge in [0.15, 0.2) is 11.5 Å². The van der Waals surface area contributed by atoms with Gasteiger partial charge in [-0.25, -0.2) is 0 Å². The SMILES string of the molecule is CCOc1c(OC)cc(C=O)cc1-c1cccs1. The molecule has 3 nitrogen and oxygen atoms in total. The smallest absolute Gasteiger partial charge is 0.169 e. The summed E-state index contributed by atoms with van der Waals surface area (Å²) in [6.45, 7) is 2.47. The monoisotopic (exact) mass is 262 g/mol. The first-order valence-electron chi connectivity index (χ1n) is 5.64. The van der Waals surface area contributed by atoms with Gasteiger partial charge < -0.3 is 9.47 Å². The van der Waals surface area contributed by atoms with E-state index >= 15 is 0 Å². The van der Waals surface area contributed by atoms with Gasteiger partial charge >= 0.3 is 0 Å². The van der Waals surface area contributed by atoms with E-state index in [9.17, 15) is 4.79 Å². The van der Waals surface area contributed by atoms with Crippen molar-refractivity contribution >= 4 is 17.6 Å². The lowest BCUT2D eigenvalue weighted by molar-refractivity contribution is 0.112. The second kappa shape index (κ2) is 5.69. The third-order valence-electron chi connectivity index (χ3n) is 2.51. The number of carbonyl (C=O) groups excluding carboxylic acids is 1. The second-order valence-electron chi connectivity index (χ2n) is 3.63. The van der Waals surface area contributed by atoms with Crippen molar-refractivity contribution in [3.63, 3.8) is 0 Å². The summed E-state index contributed by atoms with van der Waals surface area (Å²) in [5.74, 6) is 1.28. The van der Waals surface area contributed by atoms with Gasteiger partial charge in [0.2, 0.25) is 0 Å². The summed E-state index contributed by atoms with van der Waals surface area (Å²) < 4.78 is 10.9. The summed E-state index contributed by atoms with van der Waals surface area (Å²) in [5, 5.41) is 1.99. The number of thiophene rings is 1. The van der Waals surface area contributed by atoms with Crippen LogP contribution in [-0.4, -0.2) is 20.0 Å². The van der Waals surface area contributed by atoms with Crippen LogP contribution >= 0.6 is 11.3 Å². The van der Waals surface area contributed by atoms with Gasteiger partial charge in [-0.05, 0) is 30.5 Å². The third kappa shape index (κ3) is 2.38. The molecule has 0 saturated carbocycles. The minimum Gasteiger partial charge on any atom is -0.493 e. The van der Waals surface area contributed by atoms with Crippen molar-refractivity contribution in [2.45, 2.75) is 6.92 Å². The lowest BCUT2D eigenvalue weighted by atomic mass is 10.1. The van der Waals surface area contributed by atoms with Gasteiger partial charge in [-0.2, -0.15) is 0 Å². The van der Waals surface area contributed by atoms with Crippen molar-refractivity contribution in [3.05, 3.63) is 35.2 Å². The van der Waals surface area contributed by atoms with Crippen LogP contribution in [0.1, 0.15) is 17.3 Å². The second-order valence-corrected chi connectivity index (χ2v) is 4.58. The minimum absolute atomic E-state index is 0.551. The van der Waals surface area contributed by atoms with Gasteiger partial charge in [0.1, 0.15) is 6.29 Å². The van der Waals surface area contributed by atoms with Crippen LogP contribution in [0.15, 0.2) is 29.6 Å². The zero-order valence-corrected chi connectivity index (χ0v) is 11.1. The van der Waals surface area contributed by atoms with Gasteiger partial charge in [-0.3, -0.25) is 4.79 Å². The summed E-state index contributed by atoms with van der Waals surface area (Å²) in [6, 6.07) is 7.48. The Morgan fingerprint density at radius 1 is 1.39 bits per heavy atom. The van der Waals surface area contributed by atoms with Crippen LogP contribution in [0.4, 0.5) is 0 Å². The Kier molecular flexibility index (Phi) is 3.99. The fraction of sp³-hybridized carbons (Fsp3) is 0.214. The quantitative estimate of drug-likeness (QED) is 0.772. The van der Waals surface area contributed by atoms with Crippen molar-refractivity contribution in [1.82, 2.24) is 0 Å². The molecule has 0 amide bonds. The van der Waals surface area contributed by atoms with E-state index in [0.29, 0.717) is 23.7 Å². The van der Waals surface area contributed by atoms with E-state index in [4.69, 9.17) is 9.47 Å². The molecule has 0 bridgehead atoms. The minimum atomic E-state index is 0.551. The van der Waals surface area contributed by atoms with Gasteiger partial charge in [0.05, 0.1) is 13.7 Å². The molecule has 0 aliphatic rings. The summed E-state index contributed by atoms with van der Waals surface area (Å²) in [5.41, 5.74) is 1.48. The first kappa shape index (κ1) is 12.6. The Balaban J connectivity index is 2.63. The molecule has 0 N–H and O–H groups in total. The van der Waals surface area contributed by atoms with E-state index in [1.165, 1.54) is 0 Å². The van der Waals surface area contributed by atoms with Gasteiger partial charge in [0, 0.05) is 16.0 Å². The third-order valence-corrected chi connectivity index (χ3v) is 3.41. The van der Waals surface area contributed by atoms with Crippen LogP contribution < -0.4 is 9.47 Å². The molecular formula is C14H14O3S. The fourth-order valence-corrected chi connectivity index (χ4v) is 2.49. The molecule has 0 aliphatic carbocycles. The van der Waals surface area contributed by atoms with Crippen LogP contribution in [0.3, 0.4) is 0 Å². The standard InChI is InChI=1S/C14H14O3S/c1-3-17-14-11(13-5-4-6-18-13)7-10(9-15)8-12(14)16-2/h4-9H,3H2,1-2H3. The Morgan fingerprint density at radius 3 is 2.78 bits per heavy atom. The van der Waals surface area contributed by atoms with Crippen LogP contribution in [0.25, 0.3) is 10.4 Å². The summed E-state index contributed by atoms with van der Waals surface area (Å²) in [7, 11) is 1.57. The van der Waals surface area contributed by atoms with Crippen LogP contribution in [-0.2, 0) is 0 Å². The predicted octanol–water partition coefficient (Wildman–Crippen LogP) is 3.63. The Hall–Kier alpha value is -1.81. The van der Waals surface area contributed by atoms with E-state index in [2.05, 4.69) is 0 Å². The average molecular weight is 262 g/mol. The van der Waals surface area contributed by atoms with E-state index in [1.807, 2.05) is 30.5 Å². The molecule has 0 spiro atoms. The summed E-state index contributed by atoms with van der Waals surface area (Å²) >= 11 is 1.60. The highest BCUT2D eigenvalue weighted by atomic mass is 32.1. The maximum Gasteiger partial charge on any atom is 0.169 e. The summed E-state index contributed by atoms with van der Waals surface area (Å²) in [6.07, 6.45) is 0.815. The van der Waals surface area contributed by atoms with Gasteiger partial charge in [-0.15, -0.1) is 11.3 Å². The lowest BCUT2D eigenvalue weighted by Crippen LogP contribution is -1.98. The zero-order valence-electron chi connectivity index (χ0n) is 10.3. The molecule has 1 aromatic carbocycles. The van der Waals surface area contributed by atoms with Crippen molar-refractivity contribution in [3.8, 4) is 21.9 Å². The largest absolute Gasteiger partial charge is 0.493 e. The molecular weight excluding hydrogens is 248 g/mol. The highest BCUT2D eigenvalue weighted by Crippen LogP contribution is 2.40. The van der Waals surface area contributed by atoms with Crippen molar-refractivity contribution in [1.29, 1.82) is 0 Å². The van der Waals surface area contributed by atoms with E-state index < -0.39 is 0 Å². The molecule has 0 saturated heterocycles. The Labute approximate surface area is 110 Å². The lowest BCUT2D eigenvalue weighted by Gasteiger charge is -2.14. The molecule has 1 aromatic heterocycles. The number of hydrogen-bond acceptors (Lipinski definition) is 4. The number of benzene rings is 1. The molecule has 4 heteroatoms. The van der Waals surface area contributed by atoms with Gasteiger partial charge in [-0.1, -0.05) is 6.07 Å². The van der Waals surface area contributed by atoms with E-state index in [1.54, 1.807) is 24.5 Å². The number of hydrogen-bond donors (Lipinski definition) is 0. The predicted molar refractivity (Wildman–Crippen MR) is 72.9 cm³/mol. The van der Waals surface area contributed by atoms with Crippen molar-refractivity contribution in [2.75, 3.05) is 13.7 Å². The maximum atomic E-state index is 11.0. The van der Waals surface area contributed by atoms with Crippen LogP contribution in [0.2, 0.25) is 0 Å². The highest BCUT2D eigenvalue weighted by Gasteiger charge is 2.15. The Morgan fingerprint density at radius 2 is 2.22 bits per heavy atom. The summed E-state index contributed by atoms with van der Waals surface area (Å²) in [4.78, 5) is 12.0. The molecule has 94 valence electrons. The first-order chi connectivity index (χ1) is 8.80. The number of ether oxygens (including phenoxy) is 2. The van der Waals surface area contributed by atoms with Crippen molar-refractivity contribution in [2.24, 2.45) is 0 Å². The number of methoxy groups -OCH3 is 1. The normalized spacial score (nSPS) is 10.1. The number of aldehydes is 1. The van der Waals surface area contributed by atoms with Crippen LogP contribution in [0.5, 0.6) is 11.5 Å². The molecule has 2 rings (SSSR count). The molecule has 0 unspecified atom stereocenters. The Bertz CT molecular complexity index is 532. The zero-order chi connectivity index (χ0) is 13.0. The topological polar surface area (TPSA) is 35.5 Å². The number of carbonyl (C=O) groups is 1. The molecule has 1 heterocycles.